The largest absolute Gasteiger partial charge is 0.478 e. The molecule has 1 heterocycles. The molecule has 1 saturated heterocycles. The quantitative estimate of drug-likeness (QED) is 0.736. The van der Waals surface area contributed by atoms with Crippen LogP contribution in [0, 0.1) is 0 Å². The van der Waals surface area contributed by atoms with E-state index in [1.54, 1.807) is 0 Å². The van der Waals surface area contributed by atoms with Gasteiger partial charge in [0, 0.05) is 12.2 Å². The highest BCUT2D eigenvalue weighted by Crippen LogP contribution is 2.08. The molecule has 18 heavy (non-hydrogen) atoms. The Bertz CT molecular complexity index is 254. The molecule has 0 bridgehead atoms. The maximum Gasteiger partial charge on any atom is 0.328 e. The number of carboxylic acids is 2. The summed E-state index contributed by atoms with van der Waals surface area (Å²) in [5, 5.41) is 15.6. The van der Waals surface area contributed by atoms with Crippen LogP contribution >= 0.6 is 0 Å². The molecule has 5 heteroatoms. The lowest BCUT2D eigenvalue weighted by Gasteiger charge is -2.25. The predicted octanol–water partition coefficient (Wildman–Crippen LogP) is 1.98. The van der Waals surface area contributed by atoms with Crippen molar-refractivity contribution < 1.29 is 19.8 Å². The molecule has 0 saturated carbocycles. The molecule has 1 fully saturated rings. The van der Waals surface area contributed by atoms with E-state index >= 15 is 0 Å². The Hall–Kier alpha value is -1.36. The molecule has 0 spiro atoms. The van der Waals surface area contributed by atoms with Gasteiger partial charge in [-0.3, -0.25) is 0 Å². The lowest BCUT2D eigenvalue weighted by Crippen LogP contribution is -2.30. The first-order valence-electron chi connectivity index (χ1n) is 6.42. The molecular formula is C13H23NO4. The lowest BCUT2D eigenvalue weighted by molar-refractivity contribution is -0.134. The summed E-state index contributed by atoms with van der Waals surface area (Å²) in [6, 6.07) is 0. The summed E-state index contributed by atoms with van der Waals surface area (Å²) in [7, 11) is 0. The van der Waals surface area contributed by atoms with Gasteiger partial charge in [-0.15, -0.1) is 0 Å². The topological polar surface area (TPSA) is 77.8 Å². The van der Waals surface area contributed by atoms with Gasteiger partial charge in [0.1, 0.15) is 0 Å². The summed E-state index contributed by atoms with van der Waals surface area (Å²) >= 11 is 0. The van der Waals surface area contributed by atoms with E-state index in [1.807, 2.05) is 0 Å². The molecule has 0 aromatic rings. The number of piperidine rings is 1. The van der Waals surface area contributed by atoms with Crippen LogP contribution in [-0.2, 0) is 9.59 Å². The van der Waals surface area contributed by atoms with Gasteiger partial charge in [-0.05, 0) is 38.9 Å². The van der Waals surface area contributed by atoms with Crippen LogP contribution < -0.4 is 0 Å². The van der Waals surface area contributed by atoms with E-state index in [4.69, 9.17) is 10.2 Å². The van der Waals surface area contributed by atoms with Crippen LogP contribution in [0.2, 0.25) is 0 Å². The van der Waals surface area contributed by atoms with Crippen molar-refractivity contribution in [1.82, 2.24) is 4.90 Å². The maximum atomic E-state index is 9.55. The molecule has 0 radical (unpaired) electrons. The Morgan fingerprint density at radius 1 is 1.06 bits per heavy atom. The smallest absolute Gasteiger partial charge is 0.328 e. The summed E-state index contributed by atoms with van der Waals surface area (Å²) in [6.07, 6.45) is 8.18. The van der Waals surface area contributed by atoms with Crippen LogP contribution in [0.5, 0.6) is 0 Å². The van der Waals surface area contributed by atoms with Crippen molar-refractivity contribution in [1.29, 1.82) is 0 Å². The summed E-state index contributed by atoms with van der Waals surface area (Å²) in [6.45, 7) is 6.33. The van der Waals surface area contributed by atoms with Crippen LogP contribution in [0.3, 0.4) is 0 Å². The van der Waals surface area contributed by atoms with Crippen molar-refractivity contribution in [3.8, 4) is 0 Å². The van der Waals surface area contributed by atoms with Gasteiger partial charge in [0.15, 0.2) is 0 Å². The van der Waals surface area contributed by atoms with Gasteiger partial charge in [-0.2, -0.15) is 0 Å². The number of rotatable bonds is 5. The van der Waals surface area contributed by atoms with Crippen molar-refractivity contribution in [2.75, 3.05) is 19.6 Å². The van der Waals surface area contributed by atoms with E-state index < -0.39 is 11.9 Å². The van der Waals surface area contributed by atoms with Gasteiger partial charge in [-0.1, -0.05) is 19.8 Å². The summed E-state index contributed by atoms with van der Waals surface area (Å²) < 4.78 is 0. The molecule has 0 unspecified atom stereocenters. The Kier molecular flexibility index (Phi) is 9.96. The summed E-state index contributed by atoms with van der Waals surface area (Å²) in [4.78, 5) is 21.7. The highest BCUT2D eigenvalue weighted by atomic mass is 16.4. The second-order valence-corrected chi connectivity index (χ2v) is 4.27. The van der Waals surface area contributed by atoms with Gasteiger partial charge >= 0.3 is 11.9 Å². The third-order valence-electron chi connectivity index (χ3n) is 2.65. The van der Waals surface area contributed by atoms with Crippen LogP contribution in [-0.4, -0.2) is 46.7 Å². The minimum Gasteiger partial charge on any atom is -0.478 e. The molecule has 0 aromatic heterocycles. The van der Waals surface area contributed by atoms with Gasteiger partial charge < -0.3 is 15.1 Å². The first-order valence-corrected chi connectivity index (χ1v) is 6.42. The summed E-state index contributed by atoms with van der Waals surface area (Å²) in [5.74, 6) is -2.51. The molecule has 5 nitrogen and oxygen atoms in total. The van der Waals surface area contributed by atoms with Crippen molar-refractivity contribution in [2.45, 2.75) is 39.0 Å². The SMILES string of the molecule is CCCCN1CCCCC1.O=C(O)/C=C\C(=O)O. The fraction of sp³-hybridized carbons (Fsp3) is 0.692. The lowest BCUT2D eigenvalue weighted by atomic mass is 10.1. The Morgan fingerprint density at radius 3 is 1.94 bits per heavy atom. The third-order valence-corrected chi connectivity index (χ3v) is 2.65. The van der Waals surface area contributed by atoms with E-state index in [9.17, 15) is 9.59 Å². The van der Waals surface area contributed by atoms with Gasteiger partial charge in [0.2, 0.25) is 0 Å². The second kappa shape index (κ2) is 10.8. The van der Waals surface area contributed by atoms with E-state index in [0.717, 1.165) is 0 Å². The molecule has 2 N–H and O–H groups in total. The van der Waals surface area contributed by atoms with E-state index in [0.29, 0.717) is 12.2 Å². The highest BCUT2D eigenvalue weighted by molar-refractivity contribution is 5.89. The summed E-state index contributed by atoms with van der Waals surface area (Å²) in [5.41, 5.74) is 0. The standard InChI is InChI=1S/C9H19N.C4H4O4/c1-2-3-7-10-8-5-4-6-9-10;5-3(6)1-2-4(7)8/h2-9H2,1H3;1-2H,(H,5,6)(H,7,8)/b;2-1-. The normalized spacial score (nSPS) is 16.1. The maximum absolute atomic E-state index is 9.55. The number of carbonyl (C=O) groups is 2. The van der Waals surface area contributed by atoms with E-state index in [2.05, 4.69) is 11.8 Å². The zero-order valence-corrected chi connectivity index (χ0v) is 11.0. The van der Waals surface area contributed by atoms with E-state index in [-0.39, 0.29) is 0 Å². The van der Waals surface area contributed by atoms with Crippen LogP contribution in [0.25, 0.3) is 0 Å². The number of unbranched alkanes of at least 4 members (excludes halogenated alkanes) is 1. The molecule has 104 valence electrons. The van der Waals surface area contributed by atoms with Gasteiger partial charge in [-0.25, -0.2) is 9.59 Å². The molecule has 0 aliphatic carbocycles. The van der Waals surface area contributed by atoms with Crippen molar-refractivity contribution >= 4 is 11.9 Å². The van der Waals surface area contributed by atoms with Crippen molar-refractivity contribution in [3.63, 3.8) is 0 Å². The van der Waals surface area contributed by atoms with E-state index in [1.165, 1.54) is 51.7 Å². The number of likely N-dealkylation sites (tertiary alicyclic amines) is 1. The molecule has 1 aliphatic heterocycles. The molecule has 0 aromatic carbocycles. The molecule has 0 amide bonds. The fourth-order valence-electron chi connectivity index (χ4n) is 1.71. The molecular weight excluding hydrogens is 234 g/mol. The second-order valence-electron chi connectivity index (χ2n) is 4.27. The monoisotopic (exact) mass is 257 g/mol. The molecule has 0 atom stereocenters. The zero-order chi connectivity index (χ0) is 13.8. The zero-order valence-electron chi connectivity index (χ0n) is 11.0. The third kappa shape index (κ3) is 11.1. The van der Waals surface area contributed by atoms with Crippen molar-refractivity contribution in [3.05, 3.63) is 12.2 Å². The number of carboxylic acid groups (broad SMARTS) is 2. The van der Waals surface area contributed by atoms with Gasteiger partial charge in [0.25, 0.3) is 0 Å². The molecule has 1 aliphatic rings. The van der Waals surface area contributed by atoms with Crippen LogP contribution in [0.15, 0.2) is 12.2 Å². The minimum atomic E-state index is -1.26. The first-order chi connectivity index (χ1) is 8.56. The minimum absolute atomic E-state index is 0.558. The number of hydrogen-bond donors (Lipinski definition) is 2. The van der Waals surface area contributed by atoms with Crippen LogP contribution in [0.4, 0.5) is 0 Å². The van der Waals surface area contributed by atoms with Crippen molar-refractivity contribution in [2.24, 2.45) is 0 Å². The average molecular weight is 257 g/mol. The van der Waals surface area contributed by atoms with Gasteiger partial charge in [0.05, 0.1) is 0 Å². The van der Waals surface area contributed by atoms with Crippen LogP contribution in [0.1, 0.15) is 39.0 Å². The predicted molar refractivity (Wildman–Crippen MR) is 69.6 cm³/mol. The number of hydrogen-bond acceptors (Lipinski definition) is 3. The highest BCUT2D eigenvalue weighted by Gasteiger charge is 2.07. The fourth-order valence-corrected chi connectivity index (χ4v) is 1.71. The average Bonchev–Trinajstić information content (AvgIpc) is 2.36. The Labute approximate surface area is 108 Å². The Balaban J connectivity index is 0.000000331. The Morgan fingerprint density at radius 2 is 1.56 bits per heavy atom. The number of aliphatic carboxylic acids is 2. The first kappa shape index (κ1) is 16.6. The number of nitrogens with zero attached hydrogens (tertiary/aromatic N) is 1. The molecule has 1 rings (SSSR count).